The van der Waals surface area contributed by atoms with Crippen LogP contribution in [0.2, 0.25) is 0 Å². The van der Waals surface area contributed by atoms with Crippen molar-refractivity contribution in [3.8, 4) is 0 Å². The fraction of sp³-hybridized carbons (Fsp3) is 0.731. The maximum Gasteiger partial charge on any atom is 0.397 e. The summed E-state index contributed by atoms with van der Waals surface area (Å²) in [6.45, 7) is 4.17. The highest BCUT2D eigenvalue weighted by Crippen LogP contribution is 2.43. The van der Waals surface area contributed by atoms with Gasteiger partial charge in [-0.15, -0.1) is 0 Å². The Bertz CT molecular complexity index is 2950. The Kier molecular flexibility index (Phi) is 25.1. The van der Waals surface area contributed by atoms with Crippen molar-refractivity contribution in [2.45, 2.75) is 82.5 Å². The summed E-state index contributed by atoms with van der Waals surface area (Å²) in [5.41, 5.74) is 3.17. The second-order valence-corrected chi connectivity index (χ2v) is 22.4. The first-order valence-corrected chi connectivity index (χ1v) is 29.4. The van der Waals surface area contributed by atoms with Crippen molar-refractivity contribution in [1.82, 2.24) is 4.90 Å². The molecule has 9 atom stereocenters. The zero-order valence-electron chi connectivity index (χ0n) is 36.9. The largest absolute Gasteiger partial charge is 0.397 e. The van der Waals surface area contributed by atoms with Gasteiger partial charge in [0, 0.05) is 23.0 Å². The quantitative estimate of drug-likeness (QED) is 0.0311. The Labute approximate surface area is 427 Å². The van der Waals surface area contributed by atoms with E-state index in [0.29, 0.717) is 6.54 Å². The van der Waals surface area contributed by atoms with Crippen molar-refractivity contribution in [3.63, 3.8) is 0 Å². The topological polar surface area (TPSA) is 569 Å². The SMILES string of the molecule is CCN(CC)CC(=O)Nc1c(C)cccc1C.O=S(=O)(O)OC[C@H]1O[C@@](COS(=O)(=O)O)(O[C@H]2O[C@H](COS(=O)(=O)O)[C@@H](OS(=O)(=O)O)[C@H](OS(=O)(=O)O)[C@H]2OS(=O)(=O)O)[C@@H](OS(=O)(=O)O)[C@@H]1OS(=O)(=O)O.[Al]. The van der Waals surface area contributed by atoms with Crippen LogP contribution >= 0.6 is 0 Å². The standard InChI is InChI=1S/C14H22N2O.C12H22O35S8.Al/c1-5-16(6-2)10-13(17)15-14-11(3)8-7-9-12(14)4;13-48(14,15)37-1-4-6(43-51(22,23)24)8(45-53(28,29)30)9(46-54(31,32)33)11(40-4)42-12(3-39-50(19,20)21)10(47-55(34,35)36)7(44-52(25,26)27)5(41-12)2-38-49(16,17)18;/h7-9H,5-6,10H2,1-4H3,(H,15,17);4-11H,1-3H2,(H,13,14,15)(H,16,17,18)(H,19,20,21)(H,22,23,24)(H,25,26,27)(H,28,29,30)(H,31,32,33)(H,34,35,36);/t;4-,5-,6-,7-,8+,9-,10+,11-,12+;/m.1./s1. The van der Waals surface area contributed by atoms with E-state index >= 15 is 0 Å². The molecule has 2 fully saturated rings. The summed E-state index contributed by atoms with van der Waals surface area (Å²) < 4.78 is 307. The van der Waals surface area contributed by atoms with Gasteiger partial charge in [-0.3, -0.25) is 46.1 Å². The molecule has 0 bridgehead atoms. The third-order valence-corrected chi connectivity index (χ3v) is 12.3. The number of nitrogens with one attached hydrogen (secondary N) is 1. The maximum atomic E-state index is 11.9. The van der Waals surface area contributed by atoms with Gasteiger partial charge in [0.2, 0.25) is 11.7 Å². The number of anilines is 1. The molecule has 3 rings (SSSR count). The van der Waals surface area contributed by atoms with E-state index in [1.165, 1.54) is 0 Å². The van der Waals surface area contributed by atoms with Gasteiger partial charge < -0.3 is 19.5 Å². The van der Waals surface area contributed by atoms with Crippen LogP contribution in [0.25, 0.3) is 0 Å². The van der Waals surface area contributed by atoms with E-state index in [0.717, 1.165) is 29.9 Å². The fourth-order valence-corrected chi connectivity index (χ4v) is 9.52. The highest BCUT2D eigenvalue weighted by atomic mass is 32.3. The van der Waals surface area contributed by atoms with E-state index < -0.39 is 158 Å². The number of rotatable bonds is 26. The smallest absolute Gasteiger partial charge is 0.341 e. The van der Waals surface area contributed by atoms with Crippen LogP contribution < -0.4 is 5.32 Å². The van der Waals surface area contributed by atoms with Gasteiger partial charge in [0.25, 0.3) is 0 Å². The number of nitrogens with zero attached hydrogens (tertiary/aromatic N) is 1. The van der Waals surface area contributed by atoms with Gasteiger partial charge in [-0.25, -0.2) is 33.5 Å². The predicted molar refractivity (Wildman–Crippen MR) is 230 cm³/mol. The molecule has 2 aliphatic rings. The van der Waals surface area contributed by atoms with E-state index in [-0.39, 0.29) is 23.3 Å². The molecular weight excluding hydrogens is 1200 g/mol. The van der Waals surface area contributed by atoms with E-state index in [4.69, 9.17) is 23.3 Å². The molecule has 73 heavy (non-hydrogen) atoms. The lowest BCUT2D eigenvalue weighted by Gasteiger charge is -2.45. The number of hydrogen-bond donors (Lipinski definition) is 9. The van der Waals surface area contributed by atoms with Crippen molar-refractivity contribution >= 4 is 112 Å². The summed E-state index contributed by atoms with van der Waals surface area (Å²) in [6, 6.07) is 6.03. The first kappa shape index (κ1) is 69.0. The van der Waals surface area contributed by atoms with Crippen LogP contribution in [-0.2, 0) is 136 Å². The van der Waals surface area contributed by atoms with Crippen LogP contribution in [0, 0.1) is 13.8 Å². The van der Waals surface area contributed by atoms with E-state index in [1.54, 1.807) is 0 Å². The van der Waals surface area contributed by atoms with Gasteiger partial charge in [-0.1, -0.05) is 32.0 Å². The summed E-state index contributed by atoms with van der Waals surface area (Å²) in [5.74, 6) is -4.06. The lowest BCUT2D eigenvalue weighted by molar-refractivity contribution is -0.374. The van der Waals surface area contributed by atoms with Crippen LogP contribution in [0.1, 0.15) is 25.0 Å². The molecule has 1 aromatic carbocycles. The lowest BCUT2D eigenvalue weighted by atomic mass is 9.99. The third-order valence-electron chi connectivity index (χ3n) is 8.69. The number of amides is 1. The lowest BCUT2D eigenvalue weighted by Crippen LogP contribution is -2.65. The summed E-state index contributed by atoms with van der Waals surface area (Å²) in [6.07, 6.45) is -26.0. The molecular formula is C26H44AlN2O36S8. The molecule has 3 radical (unpaired) electrons. The number of ether oxygens (including phenoxy) is 3. The Morgan fingerprint density at radius 1 is 0.575 bits per heavy atom. The van der Waals surface area contributed by atoms with Crippen molar-refractivity contribution in [2.75, 3.05) is 44.8 Å². The van der Waals surface area contributed by atoms with Crippen LogP contribution in [0.4, 0.5) is 5.69 Å². The molecule has 38 nitrogen and oxygen atoms in total. The van der Waals surface area contributed by atoms with Crippen LogP contribution in [0.5, 0.6) is 0 Å². The van der Waals surface area contributed by atoms with Gasteiger partial charge >= 0.3 is 83.2 Å². The Hall–Kier alpha value is -1.98. The molecule has 425 valence electrons. The normalized spacial score (nSPS) is 25.6. The van der Waals surface area contributed by atoms with Crippen LogP contribution in [-0.4, -0.2) is 226 Å². The average molecular weight is 1240 g/mol. The Morgan fingerprint density at radius 3 is 1.38 bits per heavy atom. The minimum Gasteiger partial charge on any atom is -0.341 e. The van der Waals surface area contributed by atoms with Crippen molar-refractivity contribution in [3.05, 3.63) is 29.3 Å². The van der Waals surface area contributed by atoms with Gasteiger partial charge in [-0.2, -0.15) is 67.3 Å². The number of para-hydroxylation sites is 1. The fourth-order valence-electron chi connectivity index (χ4n) is 6.08. The predicted octanol–water partition coefficient (Wildman–Crippen LogP) is -4.58. The molecule has 0 unspecified atom stereocenters. The summed E-state index contributed by atoms with van der Waals surface area (Å²) in [7, 11) is -48.3. The number of hydrogen-bond acceptors (Lipinski definition) is 29. The molecule has 2 aliphatic heterocycles. The van der Waals surface area contributed by atoms with Gasteiger partial charge in [0.15, 0.2) is 18.5 Å². The molecule has 0 aromatic heterocycles. The summed E-state index contributed by atoms with van der Waals surface area (Å²) >= 11 is 0. The molecule has 1 aromatic rings. The van der Waals surface area contributed by atoms with Crippen LogP contribution in [0.15, 0.2) is 18.2 Å². The average Bonchev–Trinajstić information content (AvgIpc) is 3.42. The number of aryl methyl sites for hydroxylation is 2. The number of carbonyl (C=O) groups excluding carboxylic acids is 1. The van der Waals surface area contributed by atoms with Crippen molar-refractivity contribution in [1.29, 1.82) is 0 Å². The minimum absolute atomic E-state index is 0. The maximum absolute atomic E-state index is 11.9. The highest BCUT2D eigenvalue weighted by Gasteiger charge is 2.65. The second-order valence-electron chi connectivity index (χ2n) is 13.9. The molecule has 1 amide bonds. The summed E-state index contributed by atoms with van der Waals surface area (Å²) in [4.78, 5) is 14.0. The van der Waals surface area contributed by atoms with E-state index in [9.17, 15) is 99.5 Å². The zero-order valence-corrected chi connectivity index (χ0v) is 44.6. The number of benzene rings is 1. The number of likely N-dealkylation sites (N-methyl/N-ethyl adjacent to an activating group) is 1. The number of carbonyl (C=O) groups is 1. The summed E-state index contributed by atoms with van der Waals surface area (Å²) in [5, 5.41) is 3.00. The molecule has 2 heterocycles. The highest BCUT2D eigenvalue weighted by molar-refractivity contribution is 7.82. The molecule has 47 heteroatoms. The van der Waals surface area contributed by atoms with E-state index in [2.05, 4.69) is 57.5 Å². The minimum atomic E-state index is -6.24. The van der Waals surface area contributed by atoms with Crippen molar-refractivity contribution in [2.24, 2.45) is 0 Å². The van der Waals surface area contributed by atoms with E-state index in [1.807, 2.05) is 32.0 Å². The Morgan fingerprint density at radius 2 is 0.973 bits per heavy atom. The van der Waals surface area contributed by atoms with Gasteiger partial charge in [-0.05, 0) is 38.1 Å². The first-order valence-electron chi connectivity index (χ1n) is 18.5. The molecule has 0 saturated carbocycles. The molecule has 2 saturated heterocycles. The zero-order chi connectivity index (χ0) is 55.9. The molecule has 0 aliphatic carbocycles. The molecule has 0 spiro atoms. The monoisotopic (exact) mass is 1240 g/mol. The van der Waals surface area contributed by atoms with Gasteiger partial charge in [0.05, 0.1) is 19.8 Å². The van der Waals surface area contributed by atoms with Crippen LogP contribution in [0.3, 0.4) is 0 Å². The van der Waals surface area contributed by atoms with Crippen molar-refractivity contribution < 1.29 is 156 Å². The first-order chi connectivity index (χ1) is 32.2. The second kappa shape index (κ2) is 26.6. The molecule has 9 N–H and O–H groups in total. The third kappa shape index (κ3) is 25.8. The van der Waals surface area contributed by atoms with Gasteiger partial charge in [0.1, 0.15) is 37.1 Å². The Balaban J connectivity index is 0.00000125.